The molecule has 2 aromatic rings. The molecule has 1 aromatic carbocycles. The molecule has 86 valence electrons. The predicted molar refractivity (Wildman–Crippen MR) is 65.9 cm³/mol. The van der Waals surface area contributed by atoms with E-state index >= 15 is 0 Å². The highest BCUT2D eigenvalue weighted by atomic mass is 16.2. The number of aromatic nitrogens is 1. The molecule has 0 spiro atoms. The van der Waals surface area contributed by atoms with Crippen molar-refractivity contribution in [2.24, 2.45) is 0 Å². The number of hydrogen-bond donors (Lipinski definition) is 2. The molecule has 0 unspecified atom stereocenters. The van der Waals surface area contributed by atoms with Crippen LogP contribution in [0.2, 0.25) is 0 Å². The molecule has 1 aromatic heterocycles. The van der Waals surface area contributed by atoms with Crippen molar-refractivity contribution in [3.8, 4) is 0 Å². The lowest BCUT2D eigenvalue weighted by Crippen LogP contribution is -2.57. The minimum absolute atomic E-state index is 0.0951. The number of hydrogen-bond acceptors (Lipinski definition) is 3. The number of pyridine rings is 1. The summed E-state index contributed by atoms with van der Waals surface area (Å²) < 4.78 is 0. The lowest BCUT2D eigenvalue weighted by molar-refractivity contribution is 0.0919. The van der Waals surface area contributed by atoms with Crippen LogP contribution in [0.15, 0.2) is 36.4 Å². The van der Waals surface area contributed by atoms with Crippen LogP contribution in [-0.4, -0.2) is 30.0 Å². The summed E-state index contributed by atoms with van der Waals surface area (Å²) in [5, 5.41) is 7.10. The summed E-state index contributed by atoms with van der Waals surface area (Å²) in [5.74, 6) is -0.0951. The molecule has 2 heterocycles. The van der Waals surface area contributed by atoms with E-state index in [1.807, 2.05) is 30.3 Å². The van der Waals surface area contributed by atoms with E-state index in [4.69, 9.17) is 0 Å². The minimum Gasteiger partial charge on any atom is -0.345 e. The van der Waals surface area contributed by atoms with E-state index in [2.05, 4.69) is 15.6 Å². The van der Waals surface area contributed by atoms with Crippen molar-refractivity contribution in [1.82, 2.24) is 15.6 Å². The van der Waals surface area contributed by atoms with E-state index in [0.29, 0.717) is 5.69 Å². The molecular formula is C13H13N3O. The standard InChI is InChI=1S/C13H13N3O/c17-13(15-10-7-14-8-10)12-6-5-9-3-1-2-4-11(9)16-12/h1-6,10,14H,7-8H2,(H,15,17). The summed E-state index contributed by atoms with van der Waals surface area (Å²) in [5.41, 5.74) is 1.34. The van der Waals surface area contributed by atoms with Crippen LogP contribution in [0.1, 0.15) is 10.5 Å². The van der Waals surface area contributed by atoms with Gasteiger partial charge in [0.25, 0.3) is 5.91 Å². The number of nitrogens with zero attached hydrogens (tertiary/aromatic N) is 1. The third-order valence-corrected chi connectivity index (χ3v) is 2.95. The predicted octanol–water partition coefficient (Wildman–Crippen LogP) is 0.936. The number of benzene rings is 1. The quantitative estimate of drug-likeness (QED) is 0.802. The van der Waals surface area contributed by atoms with Gasteiger partial charge in [-0.05, 0) is 12.1 Å². The van der Waals surface area contributed by atoms with Crippen LogP contribution >= 0.6 is 0 Å². The van der Waals surface area contributed by atoms with E-state index in [1.165, 1.54) is 0 Å². The Kier molecular flexibility index (Phi) is 2.49. The van der Waals surface area contributed by atoms with Gasteiger partial charge in [0.2, 0.25) is 0 Å². The summed E-state index contributed by atoms with van der Waals surface area (Å²) in [4.78, 5) is 16.2. The molecule has 0 atom stereocenters. The van der Waals surface area contributed by atoms with Gasteiger partial charge in [-0.3, -0.25) is 4.79 Å². The number of carbonyl (C=O) groups is 1. The van der Waals surface area contributed by atoms with Gasteiger partial charge in [0.15, 0.2) is 0 Å². The second-order valence-corrected chi connectivity index (χ2v) is 4.22. The van der Waals surface area contributed by atoms with Crippen molar-refractivity contribution in [1.29, 1.82) is 0 Å². The van der Waals surface area contributed by atoms with Gasteiger partial charge in [0.05, 0.1) is 11.6 Å². The van der Waals surface area contributed by atoms with Gasteiger partial charge in [-0.1, -0.05) is 24.3 Å². The first-order chi connectivity index (χ1) is 8.33. The van der Waals surface area contributed by atoms with Crippen molar-refractivity contribution in [2.75, 3.05) is 13.1 Å². The zero-order chi connectivity index (χ0) is 11.7. The lowest BCUT2D eigenvalue weighted by atomic mass is 10.1. The molecule has 2 N–H and O–H groups in total. The van der Waals surface area contributed by atoms with E-state index < -0.39 is 0 Å². The molecular weight excluding hydrogens is 214 g/mol. The molecule has 1 saturated heterocycles. The Morgan fingerprint density at radius 2 is 2.06 bits per heavy atom. The van der Waals surface area contributed by atoms with Gasteiger partial charge >= 0.3 is 0 Å². The molecule has 17 heavy (non-hydrogen) atoms. The van der Waals surface area contributed by atoms with Crippen LogP contribution in [0.25, 0.3) is 10.9 Å². The molecule has 0 bridgehead atoms. The van der Waals surface area contributed by atoms with Crippen molar-refractivity contribution >= 4 is 16.8 Å². The van der Waals surface area contributed by atoms with Gasteiger partial charge in [0, 0.05) is 18.5 Å². The van der Waals surface area contributed by atoms with Crippen molar-refractivity contribution < 1.29 is 4.79 Å². The van der Waals surface area contributed by atoms with Crippen molar-refractivity contribution in [3.05, 3.63) is 42.1 Å². The van der Waals surface area contributed by atoms with Crippen LogP contribution < -0.4 is 10.6 Å². The molecule has 0 radical (unpaired) electrons. The van der Waals surface area contributed by atoms with Gasteiger partial charge in [0.1, 0.15) is 5.69 Å². The van der Waals surface area contributed by atoms with Crippen molar-refractivity contribution in [3.63, 3.8) is 0 Å². The minimum atomic E-state index is -0.0951. The van der Waals surface area contributed by atoms with Gasteiger partial charge < -0.3 is 10.6 Å². The second kappa shape index (κ2) is 4.14. The molecule has 4 heteroatoms. The van der Waals surface area contributed by atoms with Gasteiger partial charge in [-0.15, -0.1) is 0 Å². The fourth-order valence-corrected chi connectivity index (χ4v) is 1.84. The first-order valence-corrected chi connectivity index (χ1v) is 5.70. The van der Waals surface area contributed by atoms with Crippen LogP contribution in [0, 0.1) is 0 Å². The van der Waals surface area contributed by atoms with Gasteiger partial charge in [-0.2, -0.15) is 0 Å². The Labute approximate surface area is 99.0 Å². The SMILES string of the molecule is O=C(NC1CNC1)c1ccc2ccccc2n1. The number of nitrogens with one attached hydrogen (secondary N) is 2. The zero-order valence-corrected chi connectivity index (χ0v) is 9.31. The number of rotatable bonds is 2. The molecule has 0 aliphatic carbocycles. The molecule has 1 fully saturated rings. The Morgan fingerprint density at radius 3 is 2.82 bits per heavy atom. The molecule has 4 nitrogen and oxygen atoms in total. The van der Waals surface area contributed by atoms with Gasteiger partial charge in [-0.25, -0.2) is 4.98 Å². The molecule has 1 aliphatic heterocycles. The first kappa shape index (κ1) is 10.2. The van der Waals surface area contributed by atoms with Crippen LogP contribution in [0.4, 0.5) is 0 Å². The highest BCUT2D eigenvalue weighted by Gasteiger charge is 2.20. The number of para-hydroxylation sites is 1. The smallest absolute Gasteiger partial charge is 0.270 e. The Morgan fingerprint density at radius 1 is 1.24 bits per heavy atom. The molecule has 3 rings (SSSR count). The third kappa shape index (κ3) is 1.99. The van der Waals surface area contributed by atoms with Crippen LogP contribution in [0.5, 0.6) is 0 Å². The van der Waals surface area contributed by atoms with Crippen molar-refractivity contribution in [2.45, 2.75) is 6.04 Å². The average molecular weight is 227 g/mol. The first-order valence-electron chi connectivity index (χ1n) is 5.70. The fraction of sp³-hybridized carbons (Fsp3) is 0.231. The summed E-state index contributed by atoms with van der Waals surface area (Å²) >= 11 is 0. The van der Waals surface area contributed by atoms with Crippen LogP contribution in [-0.2, 0) is 0 Å². The van der Waals surface area contributed by atoms with Crippen LogP contribution in [0.3, 0.4) is 0 Å². The molecule has 1 aliphatic rings. The van der Waals surface area contributed by atoms with E-state index in [1.54, 1.807) is 6.07 Å². The molecule has 1 amide bonds. The zero-order valence-electron chi connectivity index (χ0n) is 9.31. The monoisotopic (exact) mass is 227 g/mol. The summed E-state index contributed by atoms with van der Waals surface area (Å²) in [6, 6.07) is 11.7. The Bertz CT molecular complexity index is 563. The van der Waals surface area contributed by atoms with E-state index in [9.17, 15) is 4.79 Å². The van der Waals surface area contributed by atoms with E-state index in [0.717, 1.165) is 24.0 Å². The topological polar surface area (TPSA) is 54.0 Å². The average Bonchev–Trinajstić information content (AvgIpc) is 2.33. The normalized spacial score (nSPS) is 15.5. The Hall–Kier alpha value is -1.94. The highest BCUT2D eigenvalue weighted by molar-refractivity contribution is 5.95. The maximum atomic E-state index is 11.9. The number of amides is 1. The summed E-state index contributed by atoms with van der Waals surface area (Å²) in [6.07, 6.45) is 0. The number of carbonyl (C=O) groups excluding carboxylic acids is 1. The highest BCUT2D eigenvalue weighted by Crippen LogP contribution is 2.11. The largest absolute Gasteiger partial charge is 0.345 e. The third-order valence-electron chi connectivity index (χ3n) is 2.95. The Balaban J connectivity index is 1.86. The number of fused-ring (bicyclic) bond motifs is 1. The second-order valence-electron chi connectivity index (χ2n) is 4.22. The fourth-order valence-electron chi connectivity index (χ4n) is 1.84. The summed E-state index contributed by atoms with van der Waals surface area (Å²) in [7, 11) is 0. The maximum absolute atomic E-state index is 11.9. The molecule has 0 saturated carbocycles. The van der Waals surface area contributed by atoms with E-state index in [-0.39, 0.29) is 11.9 Å². The maximum Gasteiger partial charge on any atom is 0.270 e. The lowest BCUT2D eigenvalue weighted by Gasteiger charge is -2.27. The summed E-state index contributed by atoms with van der Waals surface area (Å²) in [6.45, 7) is 1.69.